The number of halogens is 1. The topological polar surface area (TPSA) is 67.4 Å². The summed E-state index contributed by atoms with van der Waals surface area (Å²) >= 11 is 6.45. The van der Waals surface area contributed by atoms with E-state index >= 15 is 0 Å². The summed E-state index contributed by atoms with van der Waals surface area (Å²) in [4.78, 5) is 22.8. The van der Waals surface area contributed by atoms with Crippen LogP contribution in [0.15, 0.2) is 42.6 Å². The zero-order chi connectivity index (χ0) is 19.5. The van der Waals surface area contributed by atoms with Gasteiger partial charge in [-0.3, -0.25) is 14.7 Å². The Bertz CT molecular complexity index is 1000. The third kappa shape index (κ3) is 4.14. The minimum Gasteiger partial charge on any atom is -0.379 e. The molecule has 1 aliphatic rings. The van der Waals surface area contributed by atoms with Crippen LogP contribution in [0.5, 0.6) is 0 Å². The van der Waals surface area contributed by atoms with Crippen LogP contribution in [-0.4, -0.2) is 47.1 Å². The van der Waals surface area contributed by atoms with Crippen LogP contribution >= 0.6 is 11.6 Å². The minimum absolute atomic E-state index is 0.127. The van der Waals surface area contributed by atoms with E-state index in [4.69, 9.17) is 21.3 Å². The van der Waals surface area contributed by atoms with Crippen molar-refractivity contribution in [2.75, 3.05) is 31.6 Å². The second kappa shape index (κ2) is 8.22. The van der Waals surface area contributed by atoms with Gasteiger partial charge in [-0.05, 0) is 29.8 Å². The smallest absolute Gasteiger partial charge is 0.221 e. The van der Waals surface area contributed by atoms with Gasteiger partial charge in [-0.25, -0.2) is 4.98 Å². The van der Waals surface area contributed by atoms with Crippen molar-refractivity contribution in [3.05, 3.63) is 53.2 Å². The van der Waals surface area contributed by atoms with Crippen molar-refractivity contribution >= 4 is 34.1 Å². The molecule has 4 rings (SSSR count). The number of nitrogens with one attached hydrogen (secondary N) is 1. The van der Waals surface area contributed by atoms with Crippen molar-refractivity contribution in [3.63, 3.8) is 0 Å². The molecule has 1 fully saturated rings. The number of hydrogen-bond donors (Lipinski definition) is 1. The van der Waals surface area contributed by atoms with Gasteiger partial charge < -0.3 is 10.1 Å². The number of anilines is 1. The lowest BCUT2D eigenvalue weighted by Gasteiger charge is -2.27. The molecule has 0 bridgehead atoms. The molecule has 3 heterocycles. The van der Waals surface area contributed by atoms with E-state index in [0.717, 1.165) is 60.7 Å². The molecule has 7 heteroatoms. The number of benzene rings is 1. The van der Waals surface area contributed by atoms with E-state index < -0.39 is 0 Å². The summed E-state index contributed by atoms with van der Waals surface area (Å²) in [6, 6.07) is 11.6. The summed E-state index contributed by atoms with van der Waals surface area (Å²) in [6.45, 7) is 5.59. The van der Waals surface area contributed by atoms with E-state index in [0.29, 0.717) is 10.7 Å². The number of nitrogens with zero attached hydrogens (tertiary/aromatic N) is 3. The Hall–Kier alpha value is -2.54. The highest BCUT2D eigenvalue weighted by Crippen LogP contribution is 2.29. The highest BCUT2D eigenvalue weighted by atomic mass is 35.5. The van der Waals surface area contributed by atoms with Gasteiger partial charge in [0.05, 0.1) is 47.0 Å². The van der Waals surface area contributed by atoms with Gasteiger partial charge in [-0.15, -0.1) is 0 Å². The van der Waals surface area contributed by atoms with Crippen molar-refractivity contribution in [3.8, 4) is 11.4 Å². The maximum absolute atomic E-state index is 11.2. The van der Waals surface area contributed by atoms with Gasteiger partial charge in [-0.2, -0.15) is 0 Å². The lowest BCUT2D eigenvalue weighted by atomic mass is 10.1. The summed E-state index contributed by atoms with van der Waals surface area (Å²) in [5, 5.41) is 4.40. The van der Waals surface area contributed by atoms with Crippen LogP contribution in [0.3, 0.4) is 0 Å². The molecule has 0 spiro atoms. The Morgan fingerprint density at radius 1 is 1.21 bits per heavy atom. The Morgan fingerprint density at radius 2 is 2.04 bits per heavy atom. The molecule has 0 saturated carbocycles. The maximum Gasteiger partial charge on any atom is 0.221 e. The Morgan fingerprint density at radius 3 is 2.75 bits per heavy atom. The molecule has 0 radical (unpaired) electrons. The van der Waals surface area contributed by atoms with E-state index in [1.54, 1.807) is 6.20 Å². The van der Waals surface area contributed by atoms with Crippen LogP contribution in [0.4, 0.5) is 5.69 Å². The Balaban J connectivity index is 1.73. The summed E-state index contributed by atoms with van der Waals surface area (Å²) in [7, 11) is 0. The lowest BCUT2D eigenvalue weighted by molar-refractivity contribution is -0.114. The summed E-state index contributed by atoms with van der Waals surface area (Å²) in [6.07, 6.45) is 1.64. The molecule has 2 aromatic heterocycles. The second-order valence-corrected chi connectivity index (χ2v) is 7.21. The number of fused-ring (bicyclic) bond motifs is 1. The van der Waals surface area contributed by atoms with Crippen molar-refractivity contribution in [2.24, 2.45) is 0 Å². The van der Waals surface area contributed by atoms with Gasteiger partial charge in [0, 0.05) is 31.9 Å². The number of rotatable bonds is 4. The van der Waals surface area contributed by atoms with Crippen molar-refractivity contribution in [1.29, 1.82) is 0 Å². The first kappa shape index (κ1) is 18.8. The molecule has 1 N–H and O–H groups in total. The van der Waals surface area contributed by atoms with E-state index in [2.05, 4.69) is 27.3 Å². The molecule has 1 aromatic carbocycles. The molecule has 0 atom stereocenters. The third-order valence-electron chi connectivity index (χ3n) is 4.72. The standard InChI is InChI=1S/C21H21ClN4O2/c1-14(27)24-16-5-6-19(23-12-16)20-11-15(13-26-7-9-28-10-8-26)17-3-2-4-18(22)21(17)25-20/h2-6,11-12H,7-10,13H2,1H3,(H,24,27). The molecular formula is C21H21ClN4O2. The van der Waals surface area contributed by atoms with Crippen molar-refractivity contribution < 1.29 is 9.53 Å². The second-order valence-electron chi connectivity index (χ2n) is 6.80. The van der Waals surface area contributed by atoms with Crippen molar-refractivity contribution in [1.82, 2.24) is 14.9 Å². The highest BCUT2D eigenvalue weighted by Gasteiger charge is 2.16. The number of pyridine rings is 2. The van der Waals surface area contributed by atoms with Gasteiger partial charge in [0.2, 0.25) is 5.91 Å². The molecule has 1 saturated heterocycles. The van der Waals surface area contributed by atoms with E-state index in [1.807, 2.05) is 24.3 Å². The monoisotopic (exact) mass is 396 g/mol. The predicted molar refractivity (Wildman–Crippen MR) is 110 cm³/mol. The maximum atomic E-state index is 11.2. The number of aromatic nitrogens is 2. The molecule has 0 aliphatic carbocycles. The Labute approximate surface area is 168 Å². The van der Waals surface area contributed by atoms with Gasteiger partial charge in [-0.1, -0.05) is 23.7 Å². The zero-order valence-corrected chi connectivity index (χ0v) is 16.4. The number of para-hydroxylation sites is 1. The fourth-order valence-electron chi connectivity index (χ4n) is 3.37. The van der Waals surface area contributed by atoms with Crippen molar-refractivity contribution in [2.45, 2.75) is 13.5 Å². The largest absolute Gasteiger partial charge is 0.379 e. The summed E-state index contributed by atoms with van der Waals surface area (Å²) in [5.41, 5.74) is 4.09. The van der Waals surface area contributed by atoms with E-state index in [9.17, 15) is 4.79 Å². The molecule has 6 nitrogen and oxygen atoms in total. The zero-order valence-electron chi connectivity index (χ0n) is 15.6. The fourth-order valence-corrected chi connectivity index (χ4v) is 3.59. The van der Waals surface area contributed by atoms with E-state index in [1.165, 1.54) is 6.92 Å². The molecular weight excluding hydrogens is 376 g/mol. The average Bonchev–Trinajstić information content (AvgIpc) is 2.69. The molecule has 0 unspecified atom stereocenters. The lowest BCUT2D eigenvalue weighted by Crippen LogP contribution is -2.35. The normalized spacial score (nSPS) is 14.9. The van der Waals surface area contributed by atoms with Gasteiger partial charge in [0.25, 0.3) is 0 Å². The first-order valence-corrected chi connectivity index (χ1v) is 9.60. The number of ether oxygens (including phenoxy) is 1. The number of morpholine rings is 1. The van der Waals surface area contributed by atoms with E-state index in [-0.39, 0.29) is 5.91 Å². The van der Waals surface area contributed by atoms with Crippen LogP contribution in [-0.2, 0) is 16.1 Å². The highest BCUT2D eigenvalue weighted by molar-refractivity contribution is 6.35. The van der Waals surface area contributed by atoms with Crippen LogP contribution in [0.2, 0.25) is 5.02 Å². The van der Waals surface area contributed by atoms with Crippen LogP contribution in [0.25, 0.3) is 22.3 Å². The number of carbonyl (C=O) groups excluding carboxylic acids is 1. The number of amides is 1. The quantitative estimate of drug-likeness (QED) is 0.727. The SMILES string of the molecule is CC(=O)Nc1ccc(-c2cc(CN3CCOCC3)c3cccc(Cl)c3n2)nc1. The van der Waals surface area contributed by atoms with Crippen LogP contribution in [0, 0.1) is 0 Å². The third-order valence-corrected chi connectivity index (χ3v) is 5.02. The predicted octanol–water partition coefficient (Wildman–Crippen LogP) is 3.74. The van der Waals surface area contributed by atoms with Gasteiger partial charge >= 0.3 is 0 Å². The molecule has 144 valence electrons. The van der Waals surface area contributed by atoms with Crippen LogP contribution in [0.1, 0.15) is 12.5 Å². The minimum atomic E-state index is -0.127. The molecule has 1 amide bonds. The number of carbonyl (C=O) groups is 1. The number of hydrogen-bond acceptors (Lipinski definition) is 5. The first-order valence-electron chi connectivity index (χ1n) is 9.22. The van der Waals surface area contributed by atoms with Gasteiger partial charge in [0.1, 0.15) is 0 Å². The summed E-state index contributed by atoms with van der Waals surface area (Å²) < 4.78 is 5.46. The average molecular weight is 397 g/mol. The van der Waals surface area contributed by atoms with Gasteiger partial charge in [0.15, 0.2) is 0 Å². The molecule has 1 aliphatic heterocycles. The molecule has 3 aromatic rings. The summed E-state index contributed by atoms with van der Waals surface area (Å²) in [5.74, 6) is -0.127. The first-order chi connectivity index (χ1) is 13.6. The Kier molecular flexibility index (Phi) is 5.52. The molecule has 28 heavy (non-hydrogen) atoms. The van der Waals surface area contributed by atoms with Crippen LogP contribution < -0.4 is 5.32 Å². The fraction of sp³-hybridized carbons (Fsp3) is 0.286.